The van der Waals surface area contributed by atoms with E-state index in [1.54, 1.807) is 30.3 Å². The van der Waals surface area contributed by atoms with E-state index in [0.717, 1.165) is 37.7 Å². The lowest BCUT2D eigenvalue weighted by atomic mass is 9.88. The van der Waals surface area contributed by atoms with Crippen molar-refractivity contribution in [2.24, 2.45) is 5.10 Å². The van der Waals surface area contributed by atoms with E-state index in [2.05, 4.69) is 26.3 Å². The molecule has 0 bridgehead atoms. The summed E-state index contributed by atoms with van der Waals surface area (Å²) in [6.45, 7) is 1.46. The number of aromatic nitrogens is 2. The van der Waals surface area contributed by atoms with Crippen molar-refractivity contribution in [1.29, 1.82) is 0 Å². The van der Waals surface area contributed by atoms with Crippen LogP contribution in [0.25, 0.3) is 10.9 Å². The van der Waals surface area contributed by atoms with Gasteiger partial charge in [-0.25, -0.2) is 4.98 Å². The number of hydrogen-bond acceptors (Lipinski definition) is 7. The highest BCUT2D eigenvalue weighted by atomic mass is 79.9. The van der Waals surface area contributed by atoms with E-state index in [0.29, 0.717) is 26.9 Å². The van der Waals surface area contributed by atoms with Gasteiger partial charge in [0.15, 0.2) is 6.61 Å². The van der Waals surface area contributed by atoms with Crippen LogP contribution in [-0.4, -0.2) is 33.3 Å². The van der Waals surface area contributed by atoms with Crippen molar-refractivity contribution in [3.8, 4) is 5.75 Å². The molecule has 1 N–H and O–H groups in total. The number of halogens is 1. The molecular formula is C30H28BrN5O5. The summed E-state index contributed by atoms with van der Waals surface area (Å²) in [4.78, 5) is 42.3. The summed E-state index contributed by atoms with van der Waals surface area (Å²) in [6.07, 6.45) is 6.35. The molecule has 4 aromatic rings. The Morgan fingerprint density at radius 3 is 2.63 bits per heavy atom. The second-order valence-corrected chi connectivity index (χ2v) is 10.9. The summed E-state index contributed by atoms with van der Waals surface area (Å²) in [6, 6.07) is 17.2. The third kappa shape index (κ3) is 6.51. The Morgan fingerprint density at radius 2 is 1.90 bits per heavy atom. The Hall–Kier alpha value is -4.38. The van der Waals surface area contributed by atoms with Crippen LogP contribution in [0.3, 0.4) is 0 Å². The van der Waals surface area contributed by atoms with Crippen LogP contribution in [0.4, 0.5) is 11.4 Å². The Balaban J connectivity index is 1.51. The number of ether oxygens (including phenoxy) is 1. The fourth-order valence-corrected chi connectivity index (χ4v) is 5.42. The van der Waals surface area contributed by atoms with Gasteiger partial charge >= 0.3 is 5.69 Å². The molecule has 1 fully saturated rings. The van der Waals surface area contributed by atoms with Crippen LogP contribution in [0.1, 0.15) is 55.0 Å². The number of para-hydroxylation sites is 1. The number of nitrogens with one attached hydrogen (secondary N) is 1. The Bertz CT molecular complexity index is 1690. The van der Waals surface area contributed by atoms with Gasteiger partial charge < -0.3 is 10.1 Å². The quantitative estimate of drug-likeness (QED) is 0.140. The molecular weight excluding hydrogens is 590 g/mol. The highest BCUT2D eigenvalue weighted by Crippen LogP contribution is 2.35. The first-order chi connectivity index (χ1) is 19.8. The molecule has 1 aromatic heterocycles. The van der Waals surface area contributed by atoms with Crippen LogP contribution in [0.15, 0.2) is 75.0 Å². The van der Waals surface area contributed by atoms with Crippen molar-refractivity contribution in [2.45, 2.75) is 44.9 Å². The number of anilines is 1. The maximum absolute atomic E-state index is 13.6. The van der Waals surface area contributed by atoms with Crippen LogP contribution in [-0.2, 0) is 4.79 Å². The van der Waals surface area contributed by atoms with Gasteiger partial charge in [-0.2, -0.15) is 9.78 Å². The van der Waals surface area contributed by atoms with E-state index in [9.17, 15) is 19.7 Å². The third-order valence-corrected chi connectivity index (χ3v) is 7.46. The number of amides is 1. The van der Waals surface area contributed by atoms with Crippen LogP contribution in [0, 0.1) is 17.0 Å². The number of benzene rings is 3. The van der Waals surface area contributed by atoms with Gasteiger partial charge in [0, 0.05) is 27.7 Å². The van der Waals surface area contributed by atoms with Gasteiger partial charge in [0.1, 0.15) is 5.82 Å². The van der Waals surface area contributed by atoms with Gasteiger partial charge in [0.2, 0.25) is 5.75 Å². The summed E-state index contributed by atoms with van der Waals surface area (Å²) >= 11 is 3.31. The molecule has 0 aliphatic heterocycles. The molecule has 0 radical (unpaired) electrons. The largest absolute Gasteiger partial charge is 0.476 e. The SMILES string of the molecule is Cc1ccc(NC(=O)COc2c(C=Nn3c(C4CCCCC4)nc4ccccc4c3=O)cc(Br)cc2[N+](=O)[O-])cc1. The highest BCUT2D eigenvalue weighted by molar-refractivity contribution is 9.10. The number of carbonyl (C=O) groups is 1. The normalized spacial score (nSPS) is 13.9. The standard InChI is InChI=1S/C30H28BrN5O5/c1-19-11-13-23(14-12-19)33-27(37)18-41-28-21(15-22(31)16-26(28)36(39)40)17-32-35-29(20-7-3-2-4-8-20)34-25-10-6-5-9-24(25)30(35)38/h5-6,9-17,20H,2-4,7-8,18H2,1H3,(H,33,37). The molecule has 1 aliphatic rings. The number of rotatable bonds is 8. The first kappa shape index (κ1) is 28.2. The van der Waals surface area contributed by atoms with E-state index >= 15 is 0 Å². The lowest BCUT2D eigenvalue weighted by Crippen LogP contribution is -2.25. The fraction of sp³-hybridized carbons (Fsp3) is 0.267. The van der Waals surface area contributed by atoms with E-state index in [1.165, 1.54) is 17.0 Å². The molecule has 5 rings (SSSR count). The van der Waals surface area contributed by atoms with Crippen LogP contribution in [0.2, 0.25) is 0 Å². The minimum Gasteiger partial charge on any atom is -0.476 e. The average molecular weight is 618 g/mol. The molecule has 1 saturated carbocycles. The average Bonchev–Trinajstić information content (AvgIpc) is 2.97. The van der Waals surface area contributed by atoms with Crippen molar-refractivity contribution < 1.29 is 14.5 Å². The third-order valence-electron chi connectivity index (χ3n) is 7.00. The number of fused-ring (bicyclic) bond motifs is 1. The summed E-state index contributed by atoms with van der Waals surface area (Å²) in [5.74, 6) is 0.0100. The van der Waals surface area contributed by atoms with Crippen LogP contribution < -0.4 is 15.6 Å². The van der Waals surface area contributed by atoms with Gasteiger partial charge in [-0.3, -0.25) is 19.7 Å². The monoisotopic (exact) mass is 617 g/mol. The van der Waals surface area contributed by atoms with E-state index in [1.807, 2.05) is 31.2 Å². The number of hydrogen-bond donors (Lipinski definition) is 1. The topological polar surface area (TPSA) is 129 Å². The fourth-order valence-electron chi connectivity index (χ4n) is 4.96. The van der Waals surface area contributed by atoms with Gasteiger partial charge in [-0.1, -0.05) is 65.0 Å². The molecule has 1 amide bonds. The van der Waals surface area contributed by atoms with Gasteiger partial charge in [-0.15, -0.1) is 0 Å². The van der Waals surface area contributed by atoms with Crippen molar-refractivity contribution in [3.05, 3.63) is 103 Å². The van der Waals surface area contributed by atoms with Crippen molar-refractivity contribution in [1.82, 2.24) is 9.66 Å². The predicted octanol–water partition coefficient (Wildman–Crippen LogP) is 6.32. The summed E-state index contributed by atoms with van der Waals surface area (Å²) < 4.78 is 7.41. The Morgan fingerprint density at radius 1 is 1.17 bits per heavy atom. The Labute approximate surface area is 244 Å². The zero-order chi connectivity index (χ0) is 28.9. The lowest BCUT2D eigenvalue weighted by molar-refractivity contribution is -0.385. The smallest absolute Gasteiger partial charge is 0.312 e. The molecule has 3 aromatic carbocycles. The molecule has 0 saturated heterocycles. The van der Waals surface area contributed by atoms with Crippen LogP contribution in [0.5, 0.6) is 5.75 Å². The maximum atomic E-state index is 13.6. The van der Waals surface area contributed by atoms with E-state index in [4.69, 9.17) is 9.72 Å². The number of carbonyl (C=O) groups excluding carboxylic acids is 1. The molecule has 210 valence electrons. The zero-order valence-electron chi connectivity index (χ0n) is 22.4. The second kappa shape index (κ2) is 12.4. The Kier molecular flexibility index (Phi) is 8.53. The minimum atomic E-state index is -0.591. The molecule has 11 heteroatoms. The van der Waals surface area contributed by atoms with Gasteiger partial charge in [0.25, 0.3) is 11.5 Å². The first-order valence-corrected chi connectivity index (χ1v) is 14.1. The molecule has 41 heavy (non-hydrogen) atoms. The van der Waals surface area contributed by atoms with E-state index in [-0.39, 0.29) is 28.5 Å². The predicted molar refractivity (Wildman–Crippen MR) is 161 cm³/mol. The number of aryl methyl sites for hydroxylation is 1. The molecule has 0 unspecified atom stereocenters. The minimum absolute atomic E-state index is 0.0660. The molecule has 1 heterocycles. The van der Waals surface area contributed by atoms with Crippen molar-refractivity contribution in [3.63, 3.8) is 0 Å². The highest BCUT2D eigenvalue weighted by Gasteiger charge is 2.24. The molecule has 10 nitrogen and oxygen atoms in total. The summed E-state index contributed by atoms with van der Waals surface area (Å²) in [5, 5.41) is 19.6. The number of nitro benzene ring substituents is 1. The van der Waals surface area contributed by atoms with Gasteiger partial charge in [-0.05, 0) is 50.1 Å². The summed E-state index contributed by atoms with van der Waals surface area (Å²) in [5.41, 5.74) is 1.78. The van der Waals surface area contributed by atoms with Crippen LogP contribution >= 0.6 is 15.9 Å². The molecule has 1 aliphatic carbocycles. The molecule has 0 atom stereocenters. The second-order valence-electron chi connectivity index (χ2n) is 9.99. The lowest BCUT2D eigenvalue weighted by Gasteiger charge is -2.22. The van der Waals surface area contributed by atoms with Gasteiger partial charge in [0.05, 0.1) is 22.0 Å². The van der Waals surface area contributed by atoms with E-state index < -0.39 is 17.4 Å². The number of nitro groups is 1. The first-order valence-electron chi connectivity index (χ1n) is 13.3. The number of nitrogens with zero attached hydrogens (tertiary/aromatic N) is 4. The maximum Gasteiger partial charge on any atom is 0.312 e. The summed E-state index contributed by atoms with van der Waals surface area (Å²) in [7, 11) is 0. The van der Waals surface area contributed by atoms with Crippen molar-refractivity contribution in [2.75, 3.05) is 11.9 Å². The zero-order valence-corrected chi connectivity index (χ0v) is 24.0. The van der Waals surface area contributed by atoms with Crippen molar-refractivity contribution >= 4 is 50.3 Å². The molecule has 0 spiro atoms.